The molecule has 0 unspecified atom stereocenters. The fourth-order valence-electron chi connectivity index (χ4n) is 2.49. The first-order chi connectivity index (χ1) is 11.0. The van der Waals surface area contributed by atoms with Crippen molar-refractivity contribution in [2.45, 2.75) is 20.3 Å². The number of carbonyl (C=O) groups is 1. The zero-order valence-electron chi connectivity index (χ0n) is 12.7. The van der Waals surface area contributed by atoms with Crippen LogP contribution in [0.25, 0.3) is 5.65 Å². The molecular weight excluding hydrogens is 378 g/mol. The van der Waals surface area contributed by atoms with Crippen molar-refractivity contribution in [3.8, 4) is 0 Å². The fraction of sp³-hybridized carbons (Fsp3) is 0.176. The number of aromatic nitrogens is 2. The van der Waals surface area contributed by atoms with Gasteiger partial charge in [-0.3, -0.25) is 9.20 Å². The highest BCUT2D eigenvalue weighted by atomic mass is 79.9. The van der Waals surface area contributed by atoms with Gasteiger partial charge in [-0.1, -0.05) is 18.5 Å². The Morgan fingerprint density at radius 3 is 2.70 bits per heavy atom. The van der Waals surface area contributed by atoms with Gasteiger partial charge in [0.05, 0.1) is 10.2 Å². The predicted molar refractivity (Wildman–Crippen MR) is 96.4 cm³/mol. The molecule has 3 rings (SSSR count). The number of nitrogens with zero attached hydrogens (tertiary/aromatic N) is 2. The lowest BCUT2D eigenvalue weighted by Crippen LogP contribution is -2.16. The van der Waals surface area contributed by atoms with E-state index in [9.17, 15) is 4.79 Å². The number of pyridine rings is 1. The molecule has 2 aromatic heterocycles. The molecule has 1 aromatic carbocycles. The van der Waals surface area contributed by atoms with Gasteiger partial charge in [0.15, 0.2) is 5.65 Å². The van der Waals surface area contributed by atoms with Gasteiger partial charge >= 0.3 is 0 Å². The lowest BCUT2D eigenvalue weighted by molar-refractivity contribution is 0.102. The van der Waals surface area contributed by atoms with E-state index in [0.717, 1.165) is 21.4 Å². The molecule has 2 heterocycles. The van der Waals surface area contributed by atoms with Gasteiger partial charge in [0.1, 0.15) is 5.69 Å². The third kappa shape index (κ3) is 3.12. The van der Waals surface area contributed by atoms with E-state index in [2.05, 4.69) is 26.2 Å². The number of rotatable bonds is 3. The van der Waals surface area contributed by atoms with E-state index in [-0.39, 0.29) is 5.91 Å². The average Bonchev–Trinajstić information content (AvgIpc) is 2.88. The van der Waals surface area contributed by atoms with E-state index in [0.29, 0.717) is 22.8 Å². The molecule has 0 aliphatic rings. The fourth-order valence-corrected chi connectivity index (χ4v) is 3.26. The molecule has 0 spiro atoms. The number of fused-ring (bicyclic) bond motifs is 1. The minimum Gasteiger partial charge on any atom is -0.321 e. The second-order valence-corrected chi connectivity index (χ2v) is 6.57. The molecule has 0 atom stereocenters. The van der Waals surface area contributed by atoms with Crippen molar-refractivity contribution in [2.75, 3.05) is 5.32 Å². The molecule has 0 saturated heterocycles. The standard InChI is InChI=1S/C17H15BrClN3O/c1-3-14-15(17(23)20-12-6-4-11(19)5-7-12)22-9-10(2)8-13(18)16(22)21-14/h4-9H,3H2,1-2H3,(H,20,23). The van der Waals surface area contributed by atoms with Crippen LogP contribution >= 0.6 is 27.5 Å². The number of hydrogen-bond acceptors (Lipinski definition) is 2. The minimum atomic E-state index is -0.186. The highest BCUT2D eigenvalue weighted by molar-refractivity contribution is 9.10. The summed E-state index contributed by atoms with van der Waals surface area (Å²) in [5.41, 5.74) is 3.81. The van der Waals surface area contributed by atoms with Gasteiger partial charge in [0, 0.05) is 16.9 Å². The number of hydrogen-bond donors (Lipinski definition) is 1. The van der Waals surface area contributed by atoms with Crippen molar-refractivity contribution in [2.24, 2.45) is 0 Å². The molecule has 0 radical (unpaired) electrons. The van der Waals surface area contributed by atoms with E-state index in [1.54, 1.807) is 24.3 Å². The van der Waals surface area contributed by atoms with E-state index < -0.39 is 0 Å². The maximum absolute atomic E-state index is 12.8. The van der Waals surface area contributed by atoms with Gasteiger partial charge < -0.3 is 5.32 Å². The molecule has 0 bridgehead atoms. The van der Waals surface area contributed by atoms with Gasteiger partial charge in [0.2, 0.25) is 0 Å². The maximum atomic E-state index is 12.8. The van der Waals surface area contributed by atoms with Gasteiger partial charge in [-0.25, -0.2) is 4.98 Å². The molecule has 118 valence electrons. The van der Waals surface area contributed by atoms with E-state index in [1.807, 2.05) is 30.5 Å². The van der Waals surface area contributed by atoms with Crippen LogP contribution in [0.5, 0.6) is 0 Å². The number of nitrogens with one attached hydrogen (secondary N) is 1. The van der Waals surface area contributed by atoms with Gasteiger partial charge in [-0.05, 0) is 65.2 Å². The Kier molecular flexibility index (Phi) is 4.41. The lowest BCUT2D eigenvalue weighted by atomic mass is 10.2. The number of aryl methyl sites for hydroxylation is 2. The third-order valence-corrected chi connectivity index (χ3v) is 4.37. The summed E-state index contributed by atoms with van der Waals surface area (Å²) in [5, 5.41) is 3.53. The SMILES string of the molecule is CCc1nc2c(Br)cc(C)cn2c1C(=O)Nc1ccc(Cl)cc1. The molecule has 1 amide bonds. The number of anilines is 1. The minimum absolute atomic E-state index is 0.186. The number of carbonyl (C=O) groups excluding carboxylic acids is 1. The van der Waals surface area contributed by atoms with Crippen molar-refractivity contribution < 1.29 is 4.79 Å². The van der Waals surface area contributed by atoms with Crippen LogP contribution < -0.4 is 5.32 Å². The highest BCUT2D eigenvalue weighted by Gasteiger charge is 2.20. The quantitative estimate of drug-likeness (QED) is 0.691. The van der Waals surface area contributed by atoms with Crippen molar-refractivity contribution in [1.29, 1.82) is 0 Å². The van der Waals surface area contributed by atoms with E-state index >= 15 is 0 Å². The number of halogens is 2. The normalized spacial score (nSPS) is 11.0. The summed E-state index contributed by atoms with van der Waals surface area (Å²) in [7, 11) is 0. The first-order valence-corrected chi connectivity index (χ1v) is 8.40. The van der Waals surface area contributed by atoms with Crippen molar-refractivity contribution in [1.82, 2.24) is 9.38 Å². The Bertz CT molecular complexity index is 887. The van der Waals surface area contributed by atoms with Crippen LogP contribution in [0, 0.1) is 6.92 Å². The van der Waals surface area contributed by atoms with E-state index in [1.165, 1.54) is 0 Å². The Morgan fingerprint density at radius 1 is 1.35 bits per heavy atom. The molecular formula is C17H15BrClN3O. The highest BCUT2D eigenvalue weighted by Crippen LogP contribution is 2.24. The van der Waals surface area contributed by atoms with Crippen molar-refractivity contribution >= 4 is 44.8 Å². The Hall–Kier alpha value is -1.85. The zero-order valence-corrected chi connectivity index (χ0v) is 15.1. The number of imidazole rings is 1. The van der Waals surface area contributed by atoms with Crippen LogP contribution in [0.4, 0.5) is 5.69 Å². The summed E-state index contributed by atoms with van der Waals surface area (Å²) < 4.78 is 2.71. The second kappa shape index (κ2) is 6.34. The monoisotopic (exact) mass is 391 g/mol. The molecule has 1 N–H and O–H groups in total. The van der Waals surface area contributed by atoms with Crippen LogP contribution in [-0.2, 0) is 6.42 Å². The lowest BCUT2D eigenvalue weighted by Gasteiger charge is -2.07. The first kappa shape index (κ1) is 16.0. The van der Waals surface area contributed by atoms with Crippen LogP contribution in [0.1, 0.15) is 28.7 Å². The smallest absolute Gasteiger partial charge is 0.274 e. The summed E-state index contributed by atoms with van der Waals surface area (Å²) in [6.45, 7) is 3.97. The molecule has 3 aromatic rings. The molecule has 0 saturated carbocycles. The van der Waals surface area contributed by atoms with Crippen LogP contribution in [0.2, 0.25) is 5.02 Å². The molecule has 0 aliphatic carbocycles. The summed E-state index contributed by atoms with van der Waals surface area (Å²) in [6, 6.07) is 9.02. The Balaban J connectivity index is 2.07. The predicted octanol–water partition coefficient (Wildman–Crippen LogP) is 4.87. The Labute approximate surface area is 147 Å². The summed E-state index contributed by atoms with van der Waals surface area (Å²) >= 11 is 9.39. The average molecular weight is 393 g/mol. The molecule has 23 heavy (non-hydrogen) atoms. The molecule has 0 fully saturated rings. The largest absolute Gasteiger partial charge is 0.321 e. The second-order valence-electron chi connectivity index (χ2n) is 5.28. The maximum Gasteiger partial charge on any atom is 0.274 e. The van der Waals surface area contributed by atoms with Crippen molar-refractivity contribution in [3.05, 3.63) is 63.0 Å². The number of amides is 1. The topological polar surface area (TPSA) is 46.4 Å². The first-order valence-electron chi connectivity index (χ1n) is 7.23. The van der Waals surface area contributed by atoms with Gasteiger partial charge in [0.25, 0.3) is 5.91 Å². The zero-order chi connectivity index (χ0) is 16.6. The summed E-state index contributed by atoms with van der Waals surface area (Å²) in [6.07, 6.45) is 2.60. The number of benzene rings is 1. The third-order valence-electron chi connectivity index (χ3n) is 3.54. The van der Waals surface area contributed by atoms with Crippen molar-refractivity contribution in [3.63, 3.8) is 0 Å². The van der Waals surface area contributed by atoms with Crippen LogP contribution in [0.15, 0.2) is 41.0 Å². The summed E-state index contributed by atoms with van der Waals surface area (Å²) in [5.74, 6) is -0.186. The van der Waals surface area contributed by atoms with Gasteiger partial charge in [-0.2, -0.15) is 0 Å². The van der Waals surface area contributed by atoms with E-state index in [4.69, 9.17) is 11.6 Å². The summed E-state index contributed by atoms with van der Waals surface area (Å²) in [4.78, 5) is 17.3. The van der Waals surface area contributed by atoms with Gasteiger partial charge in [-0.15, -0.1) is 0 Å². The van der Waals surface area contributed by atoms with Crippen LogP contribution in [-0.4, -0.2) is 15.3 Å². The molecule has 6 heteroatoms. The Morgan fingerprint density at radius 2 is 2.04 bits per heavy atom. The molecule has 0 aliphatic heterocycles. The molecule has 4 nitrogen and oxygen atoms in total. The van der Waals surface area contributed by atoms with Crippen LogP contribution in [0.3, 0.4) is 0 Å².